The summed E-state index contributed by atoms with van der Waals surface area (Å²) in [7, 11) is 5.87. The van der Waals surface area contributed by atoms with Gasteiger partial charge in [0.25, 0.3) is 5.91 Å². The molecule has 0 aliphatic carbocycles. The zero-order valence-electron chi connectivity index (χ0n) is 14.7. The maximum atomic E-state index is 13.2. The van der Waals surface area contributed by atoms with Crippen molar-refractivity contribution in [3.8, 4) is 5.75 Å². The molecule has 0 radical (unpaired) electrons. The highest BCUT2D eigenvalue weighted by atomic mass is 16.5. The third-order valence-corrected chi connectivity index (χ3v) is 4.49. The van der Waals surface area contributed by atoms with Gasteiger partial charge < -0.3 is 14.5 Å². The van der Waals surface area contributed by atoms with E-state index in [0.29, 0.717) is 18.7 Å². The van der Waals surface area contributed by atoms with Gasteiger partial charge in [0.05, 0.1) is 24.3 Å². The van der Waals surface area contributed by atoms with Crippen LogP contribution in [-0.4, -0.2) is 58.8 Å². The molecule has 0 spiro atoms. The van der Waals surface area contributed by atoms with Crippen LogP contribution >= 0.6 is 0 Å². The summed E-state index contributed by atoms with van der Waals surface area (Å²) >= 11 is 0. The van der Waals surface area contributed by atoms with E-state index in [1.54, 1.807) is 10.9 Å². The number of aromatic nitrogens is 2. The number of benzene rings is 1. The molecule has 6 nitrogen and oxygen atoms in total. The molecule has 6 heteroatoms. The van der Waals surface area contributed by atoms with E-state index in [1.165, 1.54) is 0 Å². The lowest BCUT2D eigenvalue weighted by molar-refractivity contribution is 0.0582. The summed E-state index contributed by atoms with van der Waals surface area (Å²) in [5.41, 5.74) is 2.57. The quantitative estimate of drug-likeness (QED) is 0.860. The first-order valence-corrected chi connectivity index (χ1v) is 8.12. The molecular formula is C18H24N4O2. The van der Waals surface area contributed by atoms with E-state index in [1.807, 2.05) is 57.2 Å². The molecule has 128 valence electrons. The van der Waals surface area contributed by atoms with Crippen LogP contribution in [0.25, 0.3) is 0 Å². The molecule has 1 aromatic carbocycles. The van der Waals surface area contributed by atoms with Gasteiger partial charge in [-0.25, -0.2) is 0 Å². The molecule has 0 bridgehead atoms. The Morgan fingerprint density at radius 2 is 2.12 bits per heavy atom. The van der Waals surface area contributed by atoms with Crippen molar-refractivity contribution in [2.45, 2.75) is 19.5 Å². The van der Waals surface area contributed by atoms with Crippen LogP contribution in [0.4, 0.5) is 0 Å². The van der Waals surface area contributed by atoms with Crippen molar-refractivity contribution in [3.63, 3.8) is 0 Å². The van der Waals surface area contributed by atoms with Gasteiger partial charge >= 0.3 is 0 Å². The number of likely N-dealkylation sites (N-methyl/N-ethyl adjacent to an activating group) is 1. The minimum Gasteiger partial charge on any atom is -0.491 e. The highest BCUT2D eigenvalue weighted by Crippen LogP contribution is 2.26. The minimum absolute atomic E-state index is 0.00718. The first kappa shape index (κ1) is 16.5. The van der Waals surface area contributed by atoms with Crippen molar-refractivity contribution in [1.82, 2.24) is 19.6 Å². The Kier molecular flexibility index (Phi) is 4.57. The lowest BCUT2D eigenvalue weighted by atomic mass is 10.1. The van der Waals surface area contributed by atoms with Crippen LogP contribution in [0.15, 0.2) is 30.5 Å². The van der Waals surface area contributed by atoms with Crippen molar-refractivity contribution >= 4 is 5.91 Å². The molecule has 1 amide bonds. The van der Waals surface area contributed by atoms with Gasteiger partial charge in [-0.05, 0) is 27.1 Å². The Morgan fingerprint density at radius 1 is 1.38 bits per heavy atom. The third-order valence-electron chi connectivity index (χ3n) is 4.49. The summed E-state index contributed by atoms with van der Waals surface area (Å²) < 4.78 is 7.70. The van der Waals surface area contributed by atoms with Crippen molar-refractivity contribution in [1.29, 1.82) is 0 Å². The van der Waals surface area contributed by atoms with Crippen LogP contribution in [0.1, 0.15) is 21.6 Å². The van der Waals surface area contributed by atoms with E-state index >= 15 is 0 Å². The number of fused-ring (bicyclic) bond motifs is 1. The smallest absolute Gasteiger partial charge is 0.258 e. The second-order valence-electron chi connectivity index (χ2n) is 6.54. The van der Waals surface area contributed by atoms with Crippen LogP contribution in [0.2, 0.25) is 0 Å². The summed E-state index contributed by atoms with van der Waals surface area (Å²) in [5, 5.41) is 4.21. The second-order valence-corrected chi connectivity index (χ2v) is 6.54. The van der Waals surface area contributed by atoms with Crippen molar-refractivity contribution < 1.29 is 9.53 Å². The number of hydrogen-bond donors (Lipinski definition) is 0. The number of amides is 1. The number of rotatable bonds is 3. The van der Waals surface area contributed by atoms with E-state index in [9.17, 15) is 4.79 Å². The molecule has 2 aromatic rings. The summed E-state index contributed by atoms with van der Waals surface area (Å²) in [4.78, 5) is 17.2. The molecule has 0 saturated heterocycles. The molecule has 1 atom stereocenters. The molecule has 1 unspecified atom stereocenters. The third kappa shape index (κ3) is 3.14. The summed E-state index contributed by atoms with van der Waals surface area (Å²) in [6.45, 7) is 3.70. The fraction of sp³-hybridized carbons (Fsp3) is 0.444. The van der Waals surface area contributed by atoms with E-state index in [0.717, 1.165) is 23.6 Å². The minimum atomic E-state index is -0.0143. The van der Waals surface area contributed by atoms with Crippen LogP contribution in [0.3, 0.4) is 0 Å². The largest absolute Gasteiger partial charge is 0.491 e. The van der Waals surface area contributed by atoms with Crippen LogP contribution in [-0.2, 0) is 13.6 Å². The Balaban J connectivity index is 1.96. The normalized spacial score (nSPS) is 17.4. The monoisotopic (exact) mass is 328 g/mol. The Morgan fingerprint density at radius 3 is 2.79 bits per heavy atom. The topological polar surface area (TPSA) is 50.6 Å². The van der Waals surface area contributed by atoms with Gasteiger partial charge in [-0.2, -0.15) is 5.10 Å². The van der Waals surface area contributed by atoms with Gasteiger partial charge in [0, 0.05) is 24.8 Å². The number of ether oxygens (including phenoxy) is 1. The molecule has 0 fully saturated rings. The van der Waals surface area contributed by atoms with Crippen LogP contribution in [0.5, 0.6) is 5.75 Å². The Bertz CT molecular complexity index is 738. The van der Waals surface area contributed by atoms with Crippen LogP contribution in [0, 0.1) is 6.92 Å². The highest BCUT2D eigenvalue weighted by Gasteiger charge is 2.31. The molecule has 24 heavy (non-hydrogen) atoms. The van der Waals surface area contributed by atoms with Crippen LogP contribution < -0.4 is 4.74 Å². The zero-order valence-corrected chi connectivity index (χ0v) is 14.7. The standard InChI is InChI=1S/C18H24N4O2/c1-13-16(9-19-21(13)4)18(23)22-10-14-7-5-6-8-17(14)24-12-15(22)11-20(2)3/h5-9,15H,10-12H2,1-4H3. The van der Waals surface area contributed by atoms with Gasteiger partial charge in [0.2, 0.25) is 0 Å². The van der Waals surface area contributed by atoms with E-state index in [-0.39, 0.29) is 11.9 Å². The molecule has 2 heterocycles. The molecule has 0 N–H and O–H groups in total. The maximum absolute atomic E-state index is 13.2. The van der Waals surface area contributed by atoms with E-state index in [4.69, 9.17) is 4.74 Å². The zero-order chi connectivity index (χ0) is 17.3. The second kappa shape index (κ2) is 6.65. The molecule has 1 aromatic heterocycles. The molecule has 1 aliphatic heterocycles. The molecule has 0 saturated carbocycles. The molecular weight excluding hydrogens is 304 g/mol. The number of carbonyl (C=O) groups excluding carboxylic acids is 1. The lowest BCUT2D eigenvalue weighted by Gasteiger charge is -2.31. The number of carbonyl (C=O) groups is 1. The van der Waals surface area contributed by atoms with Gasteiger partial charge in [0.1, 0.15) is 12.4 Å². The Labute approximate surface area is 142 Å². The summed E-state index contributed by atoms with van der Waals surface area (Å²) in [6.07, 6.45) is 1.65. The maximum Gasteiger partial charge on any atom is 0.258 e. The van der Waals surface area contributed by atoms with Crippen molar-refractivity contribution in [3.05, 3.63) is 47.3 Å². The number of hydrogen-bond acceptors (Lipinski definition) is 4. The number of para-hydroxylation sites is 1. The number of nitrogens with zero attached hydrogens (tertiary/aromatic N) is 4. The van der Waals surface area contributed by atoms with E-state index < -0.39 is 0 Å². The SMILES string of the molecule is Cc1c(C(=O)N2Cc3ccccc3OCC2CN(C)C)cnn1C. The van der Waals surface area contributed by atoms with Gasteiger partial charge in [-0.3, -0.25) is 9.48 Å². The van der Waals surface area contributed by atoms with Crippen molar-refractivity contribution in [2.75, 3.05) is 27.2 Å². The lowest BCUT2D eigenvalue weighted by Crippen LogP contribution is -2.47. The molecule has 1 aliphatic rings. The average Bonchev–Trinajstić information content (AvgIpc) is 2.78. The van der Waals surface area contributed by atoms with Gasteiger partial charge in [-0.1, -0.05) is 18.2 Å². The fourth-order valence-corrected chi connectivity index (χ4v) is 3.04. The summed E-state index contributed by atoms with van der Waals surface area (Å²) in [5.74, 6) is 0.868. The molecule has 3 rings (SSSR count). The predicted octanol–water partition coefficient (Wildman–Crippen LogP) is 1.69. The van der Waals surface area contributed by atoms with Gasteiger partial charge in [-0.15, -0.1) is 0 Å². The number of aryl methyl sites for hydroxylation is 1. The first-order chi connectivity index (χ1) is 11.5. The highest BCUT2D eigenvalue weighted by molar-refractivity contribution is 5.95. The predicted molar refractivity (Wildman–Crippen MR) is 92.1 cm³/mol. The van der Waals surface area contributed by atoms with Gasteiger partial charge in [0.15, 0.2) is 0 Å². The summed E-state index contributed by atoms with van der Waals surface area (Å²) in [6, 6.07) is 7.91. The first-order valence-electron chi connectivity index (χ1n) is 8.12. The van der Waals surface area contributed by atoms with Crippen molar-refractivity contribution in [2.24, 2.45) is 7.05 Å². The Hall–Kier alpha value is -2.34. The average molecular weight is 328 g/mol. The van der Waals surface area contributed by atoms with E-state index in [2.05, 4.69) is 10.00 Å². The fourth-order valence-electron chi connectivity index (χ4n) is 3.04.